The van der Waals surface area contributed by atoms with Crippen LogP contribution in [0.15, 0.2) is 16.7 Å². The number of carbonyl (C=O) groups is 1. The summed E-state index contributed by atoms with van der Waals surface area (Å²) in [7, 11) is 0. The predicted molar refractivity (Wildman–Crippen MR) is 73.3 cm³/mol. The van der Waals surface area contributed by atoms with Crippen molar-refractivity contribution in [1.29, 1.82) is 0 Å². The number of aryl methyl sites for hydroxylation is 2. The molecule has 0 radical (unpaired) electrons. The number of aromatic nitrogens is 4. The largest absolute Gasteiger partial charge is 0.477 e. The SMILES string of the molecule is CCc1nn(CC)c(Cn2nccc2C(=O)O)c1Br. The van der Waals surface area contributed by atoms with E-state index in [4.69, 9.17) is 5.11 Å². The Balaban J connectivity index is 2.40. The van der Waals surface area contributed by atoms with Crippen molar-refractivity contribution in [3.05, 3.63) is 33.8 Å². The van der Waals surface area contributed by atoms with E-state index in [0.717, 1.165) is 28.8 Å². The van der Waals surface area contributed by atoms with E-state index < -0.39 is 5.97 Å². The molecule has 0 saturated carbocycles. The van der Waals surface area contributed by atoms with Crippen LogP contribution >= 0.6 is 15.9 Å². The van der Waals surface area contributed by atoms with Crippen LogP contribution in [0.4, 0.5) is 0 Å². The van der Waals surface area contributed by atoms with E-state index in [-0.39, 0.29) is 5.69 Å². The summed E-state index contributed by atoms with van der Waals surface area (Å²) in [5.74, 6) is -0.980. The van der Waals surface area contributed by atoms with Crippen molar-refractivity contribution in [2.24, 2.45) is 0 Å². The van der Waals surface area contributed by atoms with Crippen LogP contribution in [0.1, 0.15) is 35.7 Å². The molecule has 0 saturated heterocycles. The number of hydrogen-bond acceptors (Lipinski definition) is 3. The van der Waals surface area contributed by atoms with Crippen molar-refractivity contribution in [3.63, 3.8) is 0 Å². The maximum Gasteiger partial charge on any atom is 0.354 e. The van der Waals surface area contributed by atoms with Gasteiger partial charge in [-0.3, -0.25) is 9.36 Å². The van der Waals surface area contributed by atoms with Gasteiger partial charge in [-0.2, -0.15) is 10.2 Å². The fourth-order valence-corrected chi connectivity index (χ4v) is 2.64. The molecule has 0 amide bonds. The second-order valence-corrected chi connectivity index (χ2v) is 4.85. The number of aromatic carboxylic acids is 1. The standard InChI is InChI=1S/C12H15BrN4O2/c1-3-8-11(13)10(16(4-2)15-8)7-17-9(12(18)19)5-6-14-17/h5-6H,3-4,7H2,1-2H3,(H,18,19). The van der Waals surface area contributed by atoms with Crippen LogP contribution in [-0.4, -0.2) is 30.6 Å². The van der Waals surface area contributed by atoms with Gasteiger partial charge in [0, 0.05) is 12.7 Å². The first-order valence-corrected chi connectivity index (χ1v) is 6.86. The first kappa shape index (κ1) is 13.8. The maximum atomic E-state index is 11.1. The Hall–Kier alpha value is -1.63. The molecule has 0 atom stereocenters. The van der Waals surface area contributed by atoms with Gasteiger partial charge in [-0.15, -0.1) is 0 Å². The lowest BCUT2D eigenvalue weighted by molar-refractivity contribution is 0.0684. The number of rotatable bonds is 5. The van der Waals surface area contributed by atoms with Gasteiger partial charge in [-0.1, -0.05) is 6.92 Å². The highest BCUT2D eigenvalue weighted by Crippen LogP contribution is 2.23. The zero-order valence-electron chi connectivity index (χ0n) is 10.8. The lowest BCUT2D eigenvalue weighted by Crippen LogP contribution is -2.14. The Morgan fingerprint density at radius 2 is 2.16 bits per heavy atom. The van der Waals surface area contributed by atoms with Gasteiger partial charge in [-0.25, -0.2) is 4.79 Å². The van der Waals surface area contributed by atoms with E-state index in [9.17, 15) is 4.79 Å². The Bertz CT molecular complexity index is 603. The molecule has 7 heteroatoms. The number of hydrogen-bond donors (Lipinski definition) is 1. The molecule has 2 aromatic heterocycles. The Labute approximate surface area is 119 Å². The fraction of sp³-hybridized carbons (Fsp3) is 0.417. The van der Waals surface area contributed by atoms with E-state index in [2.05, 4.69) is 26.1 Å². The van der Waals surface area contributed by atoms with Crippen LogP contribution in [0.5, 0.6) is 0 Å². The molecule has 19 heavy (non-hydrogen) atoms. The summed E-state index contributed by atoms with van der Waals surface area (Å²) in [4.78, 5) is 11.1. The van der Waals surface area contributed by atoms with E-state index in [1.807, 2.05) is 18.5 Å². The van der Waals surface area contributed by atoms with Gasteiger partial charge < -0.3 is 5.11 Å². The molecule has 0 fully saturated rings. The highest BCUT2D eigenvalue weighted by molar-refractivity contribution is 9.10. The number of carboxylic acid groups (broad SMARTS) is 1. The average Bonchev–Trinajstić information content (AvgIpc) is 2.96. The van der Waals surface area contributed by atoms with Crippen molar-refractivity contribution in [1.82, 2.24) is 19.6 Å². The molecule has 0 aliphatic heterocycles. The van der Waals surface area contributed by atoms with Gasteiger partial charge in [0.25, 0.3) is 0 Å². The van der Waals surface area contributed by atoms with Gasteiger partial charge in [0.2, 0.25) is 0 Å². The number of nitrogens with zero attached hydrogens (tertiary/aromatic N) is 4. The molecular weight excluding hydrogens is 312 g/mol. The molecule has 0 aliphatic carbocycles. The second-order valence-electron chi connectivity index (χ2n) is 4.06. The smallest absolute Gasteiger partial charge is 0.354 e. The van der Waals surface area contributed by atoms with Crippen LogP contribution in [0.25, 0.3) is 0 Å². The molecule has 0 bridgehead atoms. The highest BCUT2D eigenvalue weighted by Gasteiger charge is 2.17. The van der Waals surface area contributed by atoms with Crippen LogP contribution < -0.4 is 0 Å². The van der Waals surface area contributed by atoms with Gasteiger partial charge in [0.15, 0.2) is 0 Å². The Morgan fingerprint density at radius 1 is 1.42 bits per heavy atom. The third-order valence-electron chi connectivity index (χ3n) is 2.93. The van der Waals surface area contributed by atoms with Gasteiger partial charge in [0.1, 0.15) is 5.69 Å². The van der Waals surface area contributed by atoms with Gasteiger partial charge >= 0.3 is 5.97 Å². The lowest BCUT2D eigenvalue weighted by Gasteiger charge is -2.07. The molecule has 0 aliphatic rings. The molecule has 1 N–H and O–H groups in total. The average molecular weight is 327 g/mol. The first-order valence-electron chi connectivity index (χ1n) is 6.07. The van der Waals surface area contributed by atoms with Crippen molar-refractivity contribution in [2.45, 2.75) is 33.4 Å². The van der Waals surface area contributed by atoms with Crippen molar-refractivity contribution >= 4 is 21.9 Å². The molecule has 2 rings (SSSR count). The minimum atomic E-state index is -0.980. The molecule has 102 valence electrons. The Kier molecular flexibility index (Phi) is 4.04. The van der Waals surface area contributed by atoms with Crippen LogP contribution in [0.2, 0.25) is 0 Å². The highest BCUT2D eigenvalue weighted by atomic mass is 79.9. The van der Waals surface area contributed by atoms with Crippen molar-refractivity contribution < 1.29 is 9.90 Å². The predicted octanol–water partition coefficient (Wildman–Crippen LogP) is 2.17. The minimum absolute atomic E-state index is 0.175. The molecule has 6 nitrogen and oxygen atoms in total. The summed E-state index contributed by atoms with van der Waals surface area (Å²) < 4.78 is 4.27. The summed E-state index contributed by atoms with van der Waals surface area (Å²) >= 11 is 3.54. The molecule has 0 unspecified atom stereocenters. The van der Waals surface area contributed by atoms with E-state index >= 15 is 0 Å². The number of carboxylic acids is 1. The summed E-state index contributed by atoms with van der Waals surface area (Å²) in [6.07, 6.45) is 2.32. The van der Waals surface area contributed by atoms with E-state index in [1.54, 1.807) is 0 Å². The molecule has 0 aromatic carbocycles. The summed E-state index contributed by atoms with van der Waals surface area (Å²) in [6, 6.07) is 1.49. The minimum Gasteiger partial charge on any atom is -0.477 e. The first-order chi connectivity index (χ1) is 9.08. The van der Waals surface area contributed by atoms with E-state index in [0.29, 0.717) is 6.54 Å². The Morgan fingerprint density at radius 3 is 2.74 bits per heavy atom. The topological polar surface area (TPSA) is 72.9 Å². The van der Waals surface area contributed by atoms with Crippen LogP contribution in [0, 0.1) is 0 Å². The fourth-order valence-electron chi connectivity index (χ4n) is 1.95. The summed E-state index contributed by atoms with van der Waals surface area (Å²) in [6.45, 7) is 5.16. The monoisotopic (exact) mass is 326 g/mol. The van der Waals surface area contributed by atoms with Crippen molar-refractivity contribution in [3.8, 4) is 0 Å². The maximum absolute atomic E-state index is 11.1. The second kappa shape index (κ2) is 5.56. The van der Waals surface area contributed by atoms with Crippen LogP contribution in [0.3, 0.4) is 0 Å². The quantitative estimate of drug-likeness (QED) is 0.913. The third-order valence-corrected chi connectivity index (χ3v) is 3.84. The number of halogens is 1. The lowest BCUT2D eigenvalue weighted by atomic mass is 10.3. The molecule has 0 spiro atoms. The van der Waals surface area contributed by atoms with Gasteiger partial charge in [-0.05, 0) is 35.3 Å². The van der Waals surface area contributed by atoms with E-state index in [1.165, 1.54) is 16.9 Å². The zero-order chi connectivity index (χ0) is 14.0. The summed E-state index contributed by atoms with van der Waals surface area (Å²) in [5, 5.41) is 17.6. The third kappa shape index (κ3) is 2.56. The molecular formula is C12H15BrN4O2. The van der Waals surface area contributed by atoms with Gasteiger partial charge in [0.05, 0.1) is 22.4 Å². The zero-order valence-corrected chi connectivity index (χ0v) is 12.4. The van der Waals surface area contributed by atoms with Crippen LogP contribution in [-0.2, 0) is 19.5 Å². The molecule has 2 heterocycles. The van der Waals surface area contributed by atoms with Crippen molar-refractivity contribution in [2.75, 3.05) is 0 Å². The molecule has 2 aromatic rings. The normalized spacial score (nSPS) is 10.9. The summed E-state index contributed by atoms with van der Waals surface area (Å²) in [5.41, 5.74) is 2.08.